The Morgan fingerprint density at radius 1 is 1.35 bits per heavy atom. The van der Waals surface area contributed by atoms with Crippen LogP contribution in [0.25, 0.3) is 11.4 Å². The van der Waals surface area contributed by atoms with E-state index in [0.29, 0.717) is 23.3 Å². The minimum Gasteiger partial charge on any atom is -0.461 e. The quantitative estimate of drug-likeness (QED) is 0.500. The third-order valence-electron chi connectivity index (χ3n) is 2.98. The van der Waals surface area contributed by atoms with E-state index in [4.69, 9.17) is 20.9 Å². The number of rotatable bonds is 6. The molecule has 0 aliphatic carbocycles. The lowest BCUT2D eigenvalue weighted by atomic mass is 10.3. The average Bonchev–Trinajstić information content (AvgIpc) is 3.23. The molecule has 3 aromatic heterocycles. The molecule has 0 unspecified atom stereocenters. The van der Waals surface area contributed by atoms with Gasteiger partial charge in [-0.1, -0.05) is 22.8 Å². The normalized spacial score (nSPS) is 10.7. The van der Waals surface area contributed by atoms with Gasteiger partial charge in [0.05, 0.1) is 6.42 Å². The fraction of sp³-hybridized carbons (Fsp3) is 0.200. The lowest BCUT2D eigenvalue weighted by Gasteiger charge is -2.03. The van der Waals surface area contributed by atoms with Crippen molar-refractivity contribution in [2.24, 2.45) is 0 Å². The van der Waals surface area contributed by atoms with Gasteiger partial charge in [-0.25, -0.2) is 4.98 Å². The molecule has 0 aliphatic heterocycles. The molecule has 0 fully saturated rings. The monoisotopic (exact) mass is 349 g/mol. The zero-order valence-electron chi connectivity index (χ0n) is 11.9. The second kappa shape index (κ2) is 7.34. The van der Waals surface area contributed by atoms with E-state index in [-0.39, 0.29) is 19.0 Å². The van der Waals surface area contributed by atoms with E-state index < -0.39 is 0 Å². The number of nitrogens with zero attached hydrogens (tertiary/aromatic N) is 3. The van der Waals surface area contributed by atoms with Crippen molar-refractivity contribution in [2.45, 2.75) is 19.4 Å². The Kier molecular flexibility index (Phi) is 4.99. The van der Waals surface area contributed by atoms with Gasteiger partial charge in [0.25, 0.3) is 0 Å². The summed E-state index contributed by atoms with van der Waals surface area (Å²) in [6.45, 7) is 0.160. The van der Waals surface area contributed by atoms with Crippen LogP contribution in [0.4, 0.5) is 0 Å². The van der Waals surface area contributed by atoms with E-state index >= 15 is 0 Å². The van der Waals surface area contributed by atoms with Crippen LogP contribution < -0.4 is 0 Å². The summed E-state index contributed by atoms with van der Waals surface area (Å²) >= 11 is 7.25. The minimum absolute atomic E-state index is 0.160. The van der Waals surface area contributed by atoms with Gasteiger partial charge in [0, 0.05) is 29.1 Å². The summed E-state index contributed by atoms with van der Waals surface area (Å²) in [6.07, 6.45) is 2.09. The molecule has 3 heterocycles. The Balaban J connectivity index is 1.46. The maximum absolute atomic E-state index is 11.7. The third kappa shape index (κ3) is 4.37. The lowest BCUT2D eigenvalue weighted by molar-refractivity contribution is -0.145. The van der Waals surface area contributed by atoms with Gasteiger partial charge in [-0.3, -0.25) is 4.79 Å². The van der Waals surface area contributed by atoms with E-state index in [1.54, 1.807) is 29.7 Å². The molecule has 3 rings (SSSR count). The summed E-state index contributed by atoms with van der Waals surface area (Å²) in [7, 11) is 0. The van der Waals surface area contributed by atoms with Crippen LogP contribution in [0.15, 0.2) is 39.7 Å². The van der Waals surface area contributed by atoms with Gasteiger partial charge in [0.15, 0.2) is 0 Å². The number of aromatic nitrogens is 3. The number of carbonyl (C=O) groups excluding carboxylic acids is 1. The van der Waals surface area contributed by atoms with E-state index in [1.807, 2.05) is 16.8 Å². The molecule has 0 amide bonds. The van der Waals surface area contributed by atoms with Crippen LogP contribution in [0.3, 0.4) is 0 Å². The Labute approximate surface area is 141 Å². The molecule has 0 radical (unpaired) electrons. The van der Waals surface area contributed by atoms with Crippen LogP contribution in [0, 0.1) is 0 Å². The number of hydrogen-bond acceptors (Lipinski definition) is 7. The molecule has 23 heavy (non-hydrogen) atoms. The first kappa shape index (κ1) is 15.6. The number of pyridine rings is 1. The number of esters is 1. The molecular formula is C15H12ClN3O3S. The van der Waals surface area contributed by atoms with Crippen LogP contribution in [-0.2, 0) is 22.6 Å². The highest BCUT2D eigenvalue weighted by molar-refractivity contribution is 7.08. The fourth-order valence-corrected chi connectivity index (χ4v) is 2.55. The lowest BCUT2D eigenvalue weighted by Crippen LogP contribution is -2.06. The number of aryl methyl sites for hydroxylation is 1. The van der Waals surface area contributed by atoms with Gasteiger partial charge in [0.2, 0.25) is 11.7 Å². The van der Waals surface area contributed by atoms with Gasteiger partial charge in [0.1, 0.15) is 11.8 Å². The van der Waals surface area contributed by atoms with Crippen molar-refractivity contribution in [3.63, 3.8) is 0 Å². The first-order chi connectivity index (χ1) is 11.2. The summed E-state index contributed by atoms with van der Waals surface area (Å²) in [4.78, 5) is 19.9. The minimum atomic E-state index is -0.338. The van der Waals surface area contributed by atoms with Gasteiger partial charge in [-0.2, -0.15) is 16.3 Å². The highest BCUT2D eigenvalue weighted by Crippen LogP contribution is 2.19. The van der Waals surface area contributed by atoms with Crippen LogP contribution in [0.1, 0.15) is 17.9 Å². The van der Waals surface area contributed by atoms with E-state index in [2.05, 4.69) is 15.1 Å². The topological polar surface area (TPSA) is 78.1 Å². The van der Waals surface area contributed by atoms with Crippen LogP contribution in [-0.4, -0.2) is 21.1 Å². The summed E-state index contributed by atoms with van der Waals surface area (Å²) < 4.78 is 10.3. The maximum Gasteiger partial charge on any atom is 0.306 e. The van der Waals surface area contributed by atoms with Crippen LogP contribution >= 0.6 is 22.9 Å². The van der Waals surface area contributed by atoms with Crippen molar-refractivity contribution >= 4 is 28.9 Å². The fourth-order valence-electron chi connectivity index (χ4n) is 1.80. The number of thiophene rings is 1. The van der Waals surface area contributed by atoms with Crippen molar-refractivity contribution in [1.82, 2.24) is 15.1 Å². The molecule has 6 nitrogen and oxygen atoms in total. The second-order valence-electron chi connectivity index (χ2n) is 4.67. The van der Waals surface area contributed by atoms with Crippen LogP contribution in [0.5, 0.6) is 0 Å². The zero-order valence-corrected chi connectivity index (χ0v) is 13.5. The Bertz CT molecular complexity index is 772. The smallest absolute Gasteiger partial charge is 0.306 e. The zero-order chi connectivity index (χ0) is 16.1. The Morgan fingerprint density at radius 2 is 2.26 bits per heavy atom. The molecule has 0 aromatic carbocycles. The standard InChI is InChI=1S/C15H12ClN3O3S/c16-12-2-1-10(7-17-12)8-21-14(20)4-3-13-18-15(19-22-13)11-5-6-23-9-11/h1-2,5-7,9H,3-4,8H2. The molecule has 0 aliphatic rings. The molecule has 3 aromatic rings. The molecule has 118 valence electrons. The highest BCUT2D eigenvalue weighted by Gasteiger charge is 2.11. The highest BCUT2D eigenvalue weighted by atomic mass is 35.5. The predicted molar refractivity (Wildman–Crippen MR) is 85.0 cm³/mol. The van der Waals surface area contributed by atoms with Crippen LogP contribution in [0.2, 0.25) is 5.15 Å². The summed E-state index contributed by atoms with van der Waals surface area (Å²) in [6, 6.07) is 5.32. The molecule has 0 bridgehead atoms. The molecular weight excluding hydrogens is 338 g/mol. The first-order valence-electron chi connectivity index (χ1n) is 6.82. The number of halogens is 1. The van der Waals surface area contributed by atoms with Gasteiger partial charge >= 0.3 is 5.97 Å². The van der Waals surface area contributed by atoms with Crippen molar-refractivity contribution in [3.05, 3.63) is 51.8 Å². The van der Waals surface area contributed by atoms with Crippen molar-refractivity contribution < 1.29 is 14.1 Å². The molecule has 0 saturated heterocycles. The molecule has 0 saturated carbocycles. The van der Waals surface area contributed by atoms with Crippen molar-refractivity contribution in [3.8, 4) is 11.4 Å². The van der Waals surface area contributed by atoms with E-state index in [9.17, 15) is 4.79 Å². The summed E-state index contributed by atoms with van der Waals surface area (Å²) in [5.74, 6) is 0.605. The molecule has 0 spiro atoms. The average molecular weight is 350 g/mol. The SMILES string of the molecule is O=C(CCc1nc(-c2ccsc2)no1)OCc1ccc(Cl)nc1. The van der Waals surface area contributed by atoms with Gasteiger partial charge in [-0.05, 0) is 17.5 Å². The van der Waals surface area contributed by atoms with Crippen molar-refractivity contribution in [2.75, 3.05) is 0 Å². The third-order valence-corrected chi connectivity index (χ3v) is 3.89. The van der Waals surface area contributed by atoms with Gasteiger partial charge < -0.3 is 9.26 Å². The van der Waals surface area contributed by atoms with Gasteiger partial charge in [-0.15, -0.1) is 0 Å². The molecule has 0 N–H and O–H groups in total. The number of hydrogen-bond donors (Lipinski definition) is 0. The summed E-state index contributed by atoms with van der Waals surface area (Å²) in [5.41, 5.74) is 1.68. The van der Waals surface area contributed by atoms with E-state index in [1.165, 1.54) is 0 Å². The first-order valence-corrected chi connectivity index (χ1v) is 8.14. The largest absolute Gasteiger partial charge is 0.461 e. The molecule has 8 heteroatoms. The maximum atomic E-state index is 11.7. The Hall–Kier alpha value is -2.25. The second-order valence-corrected chi connectivity index (χ2v) is 5.84. The number of carbonyl (C=O) groups is 1. The van der Waals surface area contributed by atoms with Crippen molar-refractivity contribution in [1.29, 1.82) is 0 Å². The number of ether oxygens (including phenoxy) is 1. The summed E-state index contributed by atoms with van der Waals surface area (Å²) in [5, 5.41) is 8.16. The predicted octanol–water partition coefficient (Wildman–Crippen LogP) is 3.52. The Morgan fingerprint density at radius 3 is 3.00 bits per heavy atom. The van der Waals surface area contributed by atoms with E-state index in [0.717, 1.165) is 11.1 Å². The molecule has 0 atom stereocenters.